The largest absolute Gasteiger partial charge is 0.488 e. The van der Waals surface area contributed by atoms with Crippen molar-refractivity contribution in [2.75, 3.05) is 7.11 Å². The van der Waals surface area contributed by atoms with Crippen LogP contribution in [0.1, 0.15) is 27.2 Å². The molecule has 0 spiro atoms. The van der Waals surface area contributed by atoms with E-state index >= 15 is 0 Å². The molecular weight excluding hydrogens is 469 g/mol. The molecule has 0 aliphatic rings. The van der Waals surface area contributed by atoms with Gasteiger partial charge in [-0.3, -0.25) is 0 Å². The van der Waals surface area contributed by atoms with E-state index in [1.54, 1.807) is 30.3 Å². The molecule has 5 nitrogen and oxygen atoms in total. The van der Waals surface area contributed by atoms with Crippen molar-refractivity contribution in [1.82, 2.24) is 4.98 Å². The van der Waals surface area contributed by atoms with Crippen LogP contribution in [0.5, 0.6) is 5.75 Å². The fourth-order valence-corrected chi connectivity index (χ4v) is 3.83. The van der Waals surface area contributed by atoms with Crippen molar-refractivity contribution in [2.45, 2.75) is 19.3 Å². The van der Waals surface area contributed by atoms with Crippen molar-refractivity contribution in [3.8, 4) is 28.1 Å². The van der Waals surface area contributed by atoms with Crippen molar-refractivity contribution in [2.24, 2.45) is 5.73 Å². The van der Waals surface area contributed by atoms with Gasteiger partial charge in [-0.05, 0) is 41.0 Å². The van der Waals surface area contributed by atoms with Gasteiger partial charge in [-0.15, -0.1) is 0 Å². The Morgan fingerprint density at radius 3 is 2.33 bits per heavy atom. The number of carbonyl (C=O) groups is 1. The molecule has 0 saturated carbocycles. The van der Waals surface area contributed by atoms with E-state index in [0.29, 0.717) is 16.8 Å². The molecule has 0 bridgehead atoms. The molecule has 8 heteroatoms. The summed E-state index contributed by atoms with van der Waals surface area (Å²) in [6.07, 6.45) is -4.62. The highest BCUT2D eigenvalue weighted by molar-refractivity contribution is 5.91. The van der Waals surface area contributed by atoms with E-state index in [2.05, 4.69) is 4.98 Å². The van der Waals surface area contributed by atoms with E-state index < -0.39 is 17.7 Å². The fourth-order valence-electron chi connectivity index (χ4n) is 3.83. The summed E-state index contributed by atoms with van der Waals surface area (Å²) in [5.74, 6) is -1.01. The van der Waals surface area contributed by atoms with Crippen molar-refractivity contribution < 1.29 is 27.4 Å². The van der Waals surface area contributed by atoms with Crippen LogP contribution in [-0.4, -0.2) is 18.1 Å². The number of halogens is 3. The van der Waals surface area contributed by atoms with Gasteiger partial charge in [0.25, 0.3) is 0 Å². The molecule has 0 saturated heterocycles. The molecule has 0 aliphatic carbocycles. The minimum Gasteiger partial charge on any atom is -0.488 e. The molecule has 0 fully saturated rings. The molecule has 184 valence electrons. The van der Waals surface area contributed by atoms with Crippen molar-refractivity contribution in [3.05, 3.63) is 107 Å². The van der Waals surface area contributed by atoms with Crippen LogP contribution in [0.4, 0.5) is 13.2 Å². The molecular formula is C28H23F3N2O3. The highest BCUT2D eigenvalue weighted by Gasteiger charge is 2.35. The van der Waals surface area contributed by atoms with Crippen LogP contribution in [0.15, 0.2) is 84.9 Å². The topological polar surface area (TPSA) is 74.4 Å². The number of carbonyl (C=O) groups excluding carboxylic acids is 1. The Hall–Kier alpha value is -4.17. The van der Waals surface area contributed by atoms with Crippen LogP contribution in [0.25, 0.3) is 22.4 Å². The van der Waals surface area contributed by atoms with Gasteiger partial charge < -0.3 is 15.2 Å². The maximum Gasteiger partial charge on any atom is 0.419 e. The number of rotatable bonds is 7. The summed E-state index contributed by atoms with van der Waals surface area (Å²) < 4.78 is 51.8. The summed E-state index contributed by atoms with van der Waals surface area (Å²) in [4.78, 5) is 16.7. The normalized spacial score (nSPS) is 11.2. The molecule has 1 aromatic heterocycles. The first kappa shape index (κ1) is 24.9. The Morgan fingerprint density at radius 2 is 1.64 bits per heavy atom. The second-order valence-corrected chi connectivity index (χ2v) is 7.93. The Bertz CT molecular complexity index is 1370. The van der Waals surface area contributed by atoms with Gasteiger partial charge in [0.15, 0.2) is 0 Å². The molecule has 2 N–H and O–H groups in total. The highest BCUT2D eigenvalue weighted by Crippen LogP contribution is 2.41. The Morgan fingerprint density at radius 1 is 0.917 bits per heavy atom. The number of pyridine rings is 1. The molecule has 0 atom stereocenters. The predicted octanol–water partition coefficient (Wildman–Crippen LogP) is 6.26. The Balaban J connectivity index is 1.87. The van der Waals surface area contributed by atoms with Crippen LogP contribution in [0, 0.1) is 0 Å². The second-order valence-electron chi connectivity index (χ2n) is 7.93. The van der Waals surface area contributed by atoms with E-state index in [1.807, 2.05) is 30.3 Å². The lowest BCUT2D eigenvalue weighted by Gasteiger charge is -2.18. The van der Waals surface area contributed by atoms with Crippen LogP contribution in [0.3, 0.4) is 0 Å². The van der Waals surface area contributed by atoms with Gasteiger partial charge in [-0.25, -0.2) is 9.78 Å². The van der Waals surface area contributed by atoms with Gasteiger partial charge in [-0.2, -0.15) is 13.2 Å². The van der Waals surface area contributed by atoms with Gasteiger partial charge in [0, 0.05) is 17.7 Å². The molecule has 4 aromatic rings. The van der Waals surface area contributed by atoms with Gasteiger partial charge in [-0.1, -0.05) is 60.7 Å². The first-order valence-electron chi connectivity index (χ1n) is 11.1. The van der Waals surface area contributed by atoms with E-state index in [9.17, 15) is 18.0 Å². The zero-order valence-electron chi connectivity index (χ0n) is 19.4. The van der Waals surface area contributed by atoms with Crippen LogP contribution in [0.2, 0.25) is 0 Å². The standard InChI is InChI=1S/C28H23F3N2O3/c1-35-27(34)24-14-12-22(21-10-6-5-9-20(21)16-32)26(33-24)19-11-13-23(28(29,30)31)25(15-19)36-17-18-7-3-2-4-8-18/h2-15H,16-17,32H2,1H3. The third-order valence-electron chi connectivity index (χ3n) is 5.61. The summed E-state index contributed by atoms with van der Waals surface area (Å²) in [7, 11) is 1.23. The van der Waals surface area contributed by atoms with Gasteiger partial charge in [0.05, 0.1) is 18.4 Å². The second kappa shape index (κ2) is 10.6. The maximum atomic E-state index is 13.8. The molecule has 4 rings (SSSR count). The first-order valence-corrected chi connectivity index (χ1v) is 11.1. The molecule has 36 heavy (non-hydrogen) atoms. The van der Waals surface area contributed by atoms with Crippen LogP contribution in [-0.2, 0) is 24.1 Å². The van der Waals surface area contributed by atoms with Crippen molar-refractivity contribution in [1.29, 1.82) is 0 Å². The number of hydrogen-bond donors (Lipinski definition) is 1. The monoisotopic (exact) mass is 492 g/mol. The summed E-state index contributed by atoms with van der Waals surface area (Å²) in [5, 5.41) is 0. The lowest BCUT2D eigenvalue weighted by atomic mass is 9.94. The minimum absolute atomic E-state index is 0.0214. The average Bonchev–Trinajstić information content (AvgIpc) is 2.91. The molecule has 0 amide bonds. The minimum atomic E-state index is -4.62. The molecule has 0 radical (unpaired) electrons. The average molecular weight is 492 g/mol. The molecule has 1 heterocycles. The van der Waals surface area contributed by atoms with Gasteiger partial charge in [0.2, 0.25) is 0 Å². The van der Waals surface area contributed by atoms with Crippen molar-refractivity contribution >= 4 is 5.97 Å². The number of hydrogen-bond acceptors (Lipinski definition) is 5. The first-order chi connectivity index (χ1) is 17.3. The number of aromatic nitrogens is 1. The van der Waals surface area contributed by atoms with E-state index in [4.69, 9.17) is 15.2 Å². The number of esters is 1. The molecule has 0 unspecified atom stereocenters. The number of alkyl halides is 3. The van der Waals surface area contributed by atoms with Crippen LogP contribution < -0.4 is 10.5 Å². The van der Waals surface area contributed by atoms with Crippen molar-refractivity contribution in [3.63, 3.8) is 0 Å². The Kier molecular flexibility index (Phi) is 7.36. The number of nitrogens with two attached hydrogens (primary N) is 1. The fraction of sp³-hybridized carbons (Fsp3) is 0.143. The van der Waals surface area contributed by atoms with E-state index in [1.165, 1.54) is 25.3 Å². The third kappa shape index (κ3) is 5.39. The van der Waals surface area contributed by atoms with Gasteiger partial charge >= 0.3 is 12.1 Å². The zero-order chi connectivity index (χ0) is 25.7. The zero-order valence-corrected chi connectivity index (χ0v) is 19.4. The third-order valence-corrected chi connectivity index (χ3v) is 5.61. The van der Waals surface area contributed by atoms with E-state index in [-0.39, 0.29) is 24.6 Å². The van der Waals surface area contributed by atoms with Crippen LogP contribution >= 0.6 is 0 Å². The summed E-state index contributed by atoms with van der Waals surface area (Å²) in [6, 6.07) is 23.0. The molecule has 0 aliphatic heterocycles. The Labute approximate surface area is 206 Å². The quantitative estimate of drug-likeness (QED) is 0.308. The summed E-state index contributed by atoms with van der Waals surface area (Å²) in [5.41, 5.74) is 8.59. The lowest BCUT2D eigenvalue weighted by molar-refractivity contribution is -0.139. The van der Waals surface area contributed by atoms with Gasteiger partial charge in [0.1, 0.15) is 18.1 Å². The summed E-state index contributed by atoms with van der Waals surface area (Å²) in [6.45, 7) is 0.193. The number of benzene rings is 3. The number of methoxy groups -OCH3 is 1. The summed E-state index contributed by atoms with van der Waals surface area (Å²) >= 11 is 0. The number of ether oxygens (including phenoxy) is 2. The smallest absolute Gasteiger partial charge is 0.419 e. The maximum absolute atomic E-state index is 13.8. The highest BCUT2D eigenvalue weighted by atomic mass is 19.4. The van der Waals surface area contributed by atoms with E-state index in [0.717, 1.165) is 22.8 Å². The number of nitrogens with zero attached hydrogens (tertiary/aromatic N) is 1. The molecule has 3 aromatic carbocycles. The predicted molar refractivity (Wildman–Crippen MR) is 130 cm³/mol. The lowest BCUT2D eigenvalue weighted by Crippen LogP contribution is -2.10. The SMILES string of the molecule is COC(=O)c1ccc(-c2ccccc2CN)c(-c2ccc(C(F)(F)F)c(OCc3ccccc3)c2)n1.